The molecule has 5 atom stereocenters. The second-order valence-corrected chi connectivity index (χ2v) is 6.06. The SMILES string of the molecule is NC1(C(=O)O)CC(OC(=O)N(F)c2ccccc2)C2C1[C@H]2C(=O)O. The van der Waals surface area contributed by atoms with Crippen molar-refractivity contribution in [3.63, 3.8) is 0 Å². The van der Waals surface area contributed by atoms with E-state index in [1.54, 1.807) is 6.07 Å². The monoisotopic (exact) mass is 338 g/mol. The first-order valence-corrected chi connectivity index (χ1v) is 7.24. The molecule has 1 amide bonds. The number of rotatable bonds is 4. The summed E-state index contributed by atoms with van der Waals surface area (Å²) < 4.78 is 19.0. The highest BCUT2D eigenvalue weighted by Gasteiger charge is 2.75. The van der Waals surface area contributed by atoms with Crippen LogP contribution in [0, 0.1) is 17.8 Å². The van der Waals surface area contributed by atoms with Crippen LogP contribution in [0.2, 0.25) is 0 Å². The van der Waals surface area contributed by atoms with Crippen molar-refractivity contribution < 1.29 is 33.8 Å². The van der Waals surface area contributed by atoms with Gasteiger partial charge in [0.05, 0.1) is 11.6 Å². The van der Waals surface area contributed by atoms with E-state index in [-0.39, 0.29) is 17.2 Å². The quantitative estimate of drug-likeness (QED) is 0.699. The Morgan fingerprint density at radius 2 is 1.88 bits per heavy atom. The van der Waals surface area contributed by atoms with E-state index in [1.165, 1.54) is 24.3 Å². The minimum atomic E-state index is -1.80. The number of fused-ring (bicyclic) bond motifs is 1. The third kappa shape index (κ3) is 2.37. The molecular weight excluding hydrogens is 323 g/mol. The zero-order valence-electron chi connectivity index (χ0n) is 12.3. The van der Waals surface area contributed by atoms with Crippen LogP contribution in [0.15, 0.2) is 30.3 Å². The molecule has 2 fully saturated rings. The summed E-state index contributed by atoms with van der Waals surface area (Å²) in [6, 6.07) is 7.39. The van der Waals surface area contributed by atoms with Crippen LogP contribution >= 0.6 is 0 Å². The molecule has 0 saturated heterocycles. The summed E-state index contributed by atoms with van der Waals surface area (Å²) in [4.78, 5) is 34.5. The topological polar surface area (TPSA) is 130 Å². The summed E-state index contributed by atoms with van der Waals surface area (Å²) in [7, 11) is 0. The molecule has 4 N–H and O–H groups in total. The van der Waals surface area contributed by atoms with E-state index in [2.05, 4.69) is 0 Å². The van der Waals surface area contributed by atoms with Crippen molar-refractivity contribution in [2.75, 3.05) is 5.12 Å². The number of amides is 1. The van der Waals surface area contributed by atoms with E-state index in [0.29, 0.717) is 0 Å². The summed E-state index contributed by atoms with van der Waals surface area (Å²) in [5.74, 6) is -5.14. The second kappa shape index (κ2) is 5.45. The van der Waals surface area contributed by atoms with Gasteiger partial charge in [-0.15, -0.1) is 5.12 Å². The molecule has 9 heteroatoms. The predicted molar refractivity (Wildman–Crippen MR) is 77.6 cm³/mol. The molecule has 3 rings (SSSR count). The van der Waals surface area contributed by atoms with Crippen molar-refractivity contribution in [1.29, 1.82) is 0 Å². The molecule has 2 saturated carbocycles. The number of benzene rings is 1. The van der Waals surface area contributed by atoms with Gasteiger partial charge >= 0.3 is 18.0 Å². The number of nitrogens with two attached hydrogens (primary N) is 1. The number of carboxylic acids is 2. The molecule has 4 unspecified atom stereocenters. The van der Waals surface area contributed by atoms with Gasteiger partial charge in [0.1, 0.15) is 11.6 Å². The second-order valence-electron chi connectivity index (χ2n) is 6.06. The van der Waals surface area contributed by atoms with Crippen LogP contribution in [0.4, 0.5) is 15.0 Å². The van der Waals surface area contributed by atoms with Gasteiger partial charge in [0.2, 0.25) is 0 Å². The Balaban J connectivity index is 1.75. The number of hydrogen-bond acceptors (Lipinski definition) is 5. The molecule has 0 aromatic heterocycles. The van der Waals surface area contributed by atoms with Crippen molar-refractivity contribution in [2.45, 2.75) is 18.1 Å². The van der Waals surface area contributed by atoms with Gasteiger partial charge in [-0.25, -0.2) is 4.79 Å². The number of para-hydroxylation sites is 1. The molecule has 0 aliphatic heterocycles. The lowest BCUT2D eigenvalue weighted by Gasteiger charge is -2.25. The summed E-state index contributed by atoms with van der Waals surface area (Å²) in [6.45, 7) is 0. The van der Waals surface area contributed by atoms with Crippen LogP contribution in [0.1, 0.15) is 6.42 Å². The lowest BCUT2D eigenvalue weighted by molar-refractivity contribution is -0.146. The van der Waals surface area contributed by atoms with Gasteiger partial charge in [-0.05, 0) is 12.1 Å². The highest BCUT2D eigenvalue weighted by molar-refractivity contribution is 5.87. The smallest absolute Gasteiger partial charge is 0.443 e. The maximum Gasteiger partial charge on any atom is 0.443 e. The maximum absolute atomic E-state index is 14.0. The van der Waals surface area contributed by atoms with Crippen molar-refractivity contribution in [3.05, 3.63) is 30.3 Å². The molecule has 2 aliphatic carbocycles. The van der Waals surface area contributed by atoms with Gasteiger partial charge < -0.3 is 20.7 Å². The lowest BCUT2D eigenvalue weighted by Crippen LogP contribution is -2.51. The zero-order valence-corrected chi connectivity index (χ0v) is 12.3. The van der Waals surface area contributed by atoms with Crippen LogP contribution in [-0.4, -0.2) is 39.9 Å². The van der Waals surface area contributed by atoms with Crippen molar-refractivity contribution in [1.82, 2.24) is 0 Å². The lowest BCUT2D eigenvalue weighted by atomic mass is 9.91. The highest BCUT2D eigenvalue weighted by atomic mass is 19.2. The number of carbonyl (C=O) groups is 3. The van der Waals surface area contributed by atoms with Crippen molar-refractivity contribution in [2.24, 2.45) is 23.5 Å². The summed E-state index contributed by atoms with van der Waals surface area (Å²) in [5.41, 5.74) is 3.95. The standard InChI is InChI=1S/C15H15FN2O6/c16-18(7-4-2-1-3-5-7)14(23)24-8-6-15(17,13(21)22)11-9(8)10(11)12(19)20/h1-5,8-11H,6,17H2,(H,19,20)(H,21,22)/t8?,9?,10-,11?,15?/m0/s1. The van der Waals surface area contributed by atoms with Gasteiger partial charge in [-0.1, -0.05) is 22.7 Å². The zero-order chi connectivity index (χ0) is 17.6. The number of anilines is 1. The average molecular weight is 338 g/mol. The molecule has 0 radical (unpaired) electrons. The fourth-order valence-corrected chi connectivity index (χ4v) is 3.57. The molecule has 1 aromatic carbocycles. The molecule has 0 bridgehead atoms. The first-order valence-electron chi connectivity index (χ1n) is 7.24. The normalized spacial score (nSPS) is 33.4. The molecule has 0 spiro atoms. The van der Waals surface area contributed by atoms with Crippen molar-refractivity contribution in [3.8, 4) is 0 Å². The predicted octanol–water partition coefficient (Wildman–Crippen LogP) is 1.02. The van der Waals surface area contributed by atoms with E-state index in [0.717, 1.165) is 0 Å². The van der Waals surface area contributed by atoms with Gasteiger partial charge in [-0.2, -0.15) is 0 Å². The molecule has 128 valence electrons. The van der Waals surface area contributed by atoms with E-state index >= 15 is 0 Å². The molecular formula is C15H15FN2O6. The number of aliphatic carboxylic acids is 2. The fourth-order valence-electron chi connectivity index (χ4n) is 3.57. The third-order valence-corrected chi connectivity index (χ3v) is 4.72. The highest BCUT2D eigenvalue weighted by Crippen LogP contribution is 2.62. The minimum Gasteiger partial charge on any atom is -0.481 e. The van der Waals surface area contributed by atoms with Gasteiger partial charge in [0.15, 0.2) is 0 Å². The van der Waals surface area contributed by atoms with Crippen LogP contribution in [0.5, 0.6) is 0 Å². The molecule has 2 aliphatic rings. The average Bonchev–Trinajstić information content (AvgIpc) is 3.24. The Labute approximate surface area is 135 Å². The number of hydrogen-bond donors (Lipinski definition) is 3. The number of nitrogens with zero attached hydrogens (tertiary/aromatic N) is 1. The number of halogens is 1. The van der Waals surface area contributed by atoms with Crippen LogP contribution in [-0.2, 0) is 14.3 Å². The fraction of sp³-hybridized carbons (Fsp3) is 0.400. The van der Waals surface area contributed by atoms with E-state index in [4.69, 9.17) is 15.6 Å². The first kappa shape index (κ1) is 16.2. The van der Waals surface area contributed by atoms with E-state index in [1.807, 2.05) is 0 Å². The van der Waals surface area contributed by atoms with Gasteiger partial charge in [0, 0.05) is 18.3 Å². The number of ether oxygens (including phenoxy) is 1. The molecule has 0 heterocycles. The Hall–Kier alpha value is -2.68. The number of carbonyl (C=O) groups excluding carboxylic acids is 1. The number of carboxylic acid groups (broad SMARTS) is 2. The Kier molecular flexibility index (Phi) is 3.67. The maximum atomic E-state index is 14.0. The summed E-state index contributed by atoms with van der Waals surface area (Å²) in [6.07, 6.45) is -2.65. The van der Waals surface area contributed by atoms with E-state index < -0.39 is 47.4 Å². The van der Waals surface area contributed by atoms with Crippen molar-refractivity contribution >= 4 is 23.7 Å². The molecule has 8 nitrogen and oxygen atoms in total. The largest absolute Gasteiger partial charge is 0.481 e. The Bertz CT molecular complexity index is 698. The van der Waals surface area contributed by atoms with Crippen LogP contribution in [0.3, 0.4) is 0 Å². The molecule has 24 heavy (non-hydrogen) atoms. The third-order valence-electron chi connectivity index (χ3n) is 4.72. The Morgan fingerprint density at radius 1 is 1.25 bits per heavy atom. The Morgan fingerprint density at radius 3 is 2.42 bits per heavy atom. The summed E-state index contributed by atoms with van der Waals surface area (Å²) in [5, 5.41) is 18.2. The van der Waals surface area contributed by atoms with Gasteiger partial charge in [-0.3, -0.25) is 9.59 Å². The van der Waals surface area contributed by atoms with Crippen LogP contribution in [0.25, 0.3) is 0 Å². The first-order chi connectivity index (χ1) is 11.3. The molecule has 1 aromatic rings. The van der Waals surface area contributed by atoms with Crippen LogP contribution < -0.4 is 10.9 Å². The van der Waals surface area contributed by atoms with Gasteiger partial charge in [0.25, 0.3) is 0 Å². The summed E-state index contributed by atoms with van der Waals surface area (Å²) >= 11 is 0. The minimum absolute atomic E-state index is 0.0557. The van der Waals surface area contributed by atoms with E-state index in [9.17, 15) is 24.0 Å².